The SMILES string of the molecule is CCCCCCCCCCCCCCCC(=O)OCC(O)CN(CCCCC(N)C(=O)OC)CC(COC(=O)CCCCCCCCCCCCCCC)OC(=O)CCCCCCCCCCCCCCC. The first-order valence-corrected chi connectivity index (χ1v) is 30.9. The molecule has 3 atom stereocenters. The van der Waals surface area contributed by atoms with E-state index in [2.05, 4.69) is 20.8 Å². The number of ether oxygens (including phenoxy) is 4. The van der Waals surface area contributed by atoms with Gasteiger partial charge in [0.1, 0.15) is 31.5 Å². The molecule has 0 saturated heterocycles. The summed E-state index contributed by atoms with van der Waals surface area (Å²) in [7, 11) is 1.32. The first kappa shape index (κ1) is 69.8. The Balaban J connectivity index is 5.20. The number of unbranched alkanes of at least 4 members (excludes halogenated alkanes) is 37. The van der Waals surface area contributed by atoms with Gasteiger partial charge in [0.05, 0.1) is 7.11 Å². The van der Waals surface area contributed by atoms with Crippen molar-refractivity contribution in [3.05, 3.63) is 0 Å². The van der Waals surface area contributed by atoms with Crippen LogP contribution in [-0.2, 0) is 38.1 Å². The third-order valence-electron chi connectivity index (χ3n) is 14.3. The Morgan fingerprint density at radius 1 is 0.417 bits per heavy atom. The Kier molecular flexibility index (Phi) is 53.3. The third kappa shape index (κ3) is 49.9. The largest absolute Gasteiger partial charge is 0.468 e. The molecule has 11 heteroatoms. The summed E-state index contributed by atoms with van der Waals surface area (Å²) in [6, 6.07) is -0.725. The summed E-state index contributed by atoms with van der Waals surface area (Å²) in [4.78, 5) is 52.9. The summed E-state index contributed by atoms with van der Waals surface area (Å²) in [5, 5.41) is 11.2. The molecule has 0 aliphatic heterocycles. The van der Waals surface area contributed by atoms with E-state index in [1.165, 1.54) is 200 Å². The van der Waals surface area contributed by atoms with Crippen molar-refractivity contribution in [2.75, 3.05) is 40.0 Å². The molecule has 3 unspecified atom stereocenters. The van der Waals surface area contributed by atoms with Crippen molar-refractivity contribution >= 4 is 23.9 Å². The first-order valence-electron chi connectivity index (χ1n) is 30.9. The lowest BCUT2D eigenvalue weighted by Crippen LogP contribution is -2.43. The van der Waals surface area contributed by atoms with E-state index in [4.69, 9.17) is 24.7 Å². The van der Waals surface area contributed by atoms with Gasteiger partial charge in [-0.05, 0) is 38.6 Å². The van der Waals surface area contributed by atoms with Crippen LogP contribution in [0.2, 0.25) is 0 Å². The molecule has 0 fully saturated rings. The van der Waals surface area contributed by atoms with Crippen LogP contribution in [0.4, 0.5) is 0 Å². The van der Waals surface area contributed by atoms with Crippen molar-refractivity contribution < 1.29 is 43.2 Å². The van der Waals surface area contributed by atoms with Gasteiger partial charge in [0.25, 0.3) is 0 Å². The second-order valence-corrected chi connectivity index (χ2v) is 21.5. The average Bonchev–Trinajstić information content (AvgIpc) is 3.37. The maximum absolute atomic E-state index is 13.3. The zero-order chi connectivity index (χ0) is 52.8. The lowest BCUT2D eigenvalue weighted by atomic mass is 10.0. The molecule has 0 saturated carbocycles. The van der Waals surface area contributed by atoms with Crippen LogP contribution >= 0.6 is 0 Å². The van der Waals surface area contributed by atoms with E-state index in [1.807, 2.05) is 4.90 Å². The Morgan fingerprint density at radius 3 is 1.08 bits per heavy atom. The van der Waals surface area contributed by atoms with E-state index in [1.54, 1.807) is 0 Å². The summed E-state index contributed by atoms with van der Waals surface area (Å²) >= 11 is 0. The van der Waals surface area contributed by atoms with Crippen LogP contribution in [0.25, 0.3) is 0 Å². The molecule has 0 aliphatic rings. The van der Waals surface area contributed by atoms with E-state index >= 15 is 0 Å². The highest BCUT2D eigenvalue weighted by atomic mass is 16.6. The molecular weight excluding hydrogens is 905 g/mol. The molecule has 0 amide bonds. The average molecular weight is 1020 g/mol. The van der Waals surface area contributed by atoms with Crippen molar-refractivity contribution in [1.29, 1.82) is 0 Å². The van der Waals surface area contributed by atoms with Crippen LogP contribution in [0.15, 0.2) is 0 Å². The standard InChI is InChI=1S/C61H118N2O9/c1-5-8-11-14-17-20-23-26-29-32-35-38-41-47-58(65)70-53-55(64)51-63(50-45-44-46-57(62)61(68)69-4)52-56(72-60(67)49-43-40-37-34-31-28-25-22-19-16-13-10-7-3)54-71-59(66)48-42-39-36-33-30-27-24-21-18-15-12-9-6-2/h55-57,64H,5-54,62H2,1-4H3. The van der Waals surface area contributed by atoms with E-state index in [-0.39, 0.29) is 44.2 Å². The predicted octanol–water partition coefficient (Wildman–Crippen LogP) is 15.8. The number of rotatable bonds is 57. The molecule has 426 valence electrons. The summed E-state index contributed by atoms with van der Waals surface area (Å²) in [5.74, 6) is -1.38. The number of hydrogen-bond acceptors (Lipinski definition) is 11. The molecule has 0 heterocycles. The second kappa shape index (κ2) is 55.0. The van der Waals surface area contributed by atoms with Crippen LogP contribution < -0.4 is 5.73 Å². The first-order chi connectivity index (χ1) is 35.2. The fraction of sp³-hybridized carbons (Fsp3) is 0.934. The second-order valence-electron chi connectivity index (χ2n) is 21.5. The van der Waals surface area contributed by atoms with Gasteiger partial charge < -0.3 is 29.8 Å². The van der Waals surface area contributed by atoms with Crippen molar-refractivity contribution in [3.63, 3.8) is 0 Å². The van der Waals surface area contributed by atoms with Crippen LogP contribution in [-0.4, -0.2) is 92.1 Å². The molecule has 3 N–H and O–H groups in total. The maximum Gasteiger partial charge on any atom is 0.322 e. The quantitative estimate of drug-likeness (QED) is 0.0340. The molecule has 0 spiro atoms. The van der Waals surface area contributed by atoms with Crippen molar-refractivity contribution in [1.82, 2.24) is 4.90 Å². The highest BCUT2D eigenvalue weighted by Crippen LogP contribution is 2.17. The molecule has 0 bridgehead atoms. The fourth-order valence-corrected chi connectivity index (χ4v) is 9.61. The number of aliphatic hydroxyl groups excluding tert-OH is 1. The van der Waals surface area contributed by atoms with E-state index in [0.717, 1.165) is 57.8 Å². The minimum Gasteiger partial charge on any atom is -0.468 e. The van der Waals surface area contributed by atoms with Crippen LogP contribution in [0.5, 0.6) is 0 Å². The lowest BCUT2D eigenvalue weighted by molar-refractivity contribution is -0.160. The molecule has 0 rings (SSSR count). The minimum absolute atomic E-state index is 0.0739. The van der Waals surface area contributed by atoms with E-state index in [0.29, 0.717) is 45.1 Å². The molecule has 0 radical (unpaired) electrons. The minimum atomic E-state index is -0.974. The van der Waals surface area contributed by atoms with Gasteiger partial charge in [0.2, 0.25) is 0 Å². The van der Waals surface area contributed by atoms with Gasteiger partial charge in [-0.1, -0.05) is 258 Å². The van der Waals surface area contributed by atoms with Gasteiger partial charge in [-0.25, -0.2) is 0 Å². The molecule has 0 aromatic rings. The van der Waals surface area contributed by atoms with Gasteiger partial charge in [-0.3, -0.25) is 24.1 Å². The predicted molar refractivity (Wildman–Crippen MR) is 299 cm³/mol. The van der Waals surface area contributed by atoms with Gasteiger partial charge >= 0.3 is 23.9 Å². The molecule has 0 aliphatic carbocycles. The number of methoxy groups -OCH3 is 1. The lowest BCUT2D eigenvalue weighted by Gasteiger charge is -2.29. The topological polar surface area (TPSA) is 155 Å². The maximum atomic E-state index is 13.3. The Morgan fingerprint density at radius 2 is 0.736 bits per heavy atom. The Labute approximate surface area is 444 Å². The number of hydrogen-bond donors (Lipinski definition) is 2. The molecule has 72 heavy (non-hydrogen) atoms. The number of esters is 4. The summed E-state index contributed by atoms with van der Waals surface area (Å²) in [6.45, 7) is 7.44. The van der Waals surface area contributed by atoms with Gasteiger partial charge in [0, 0.05) is 32.4 Å². The normalized spacial score (nSPS) is 12.8. The Hall–Kier alpha value is -2.24. The van der Waals surface area contributed by atoms with Crippen LogP contribution in [0, 0.1) is 0 Å². The van der Waals surface area contributed by atoms with Gasteiger partial charge in [-0.15, -0.1) is 0 Å². The monoisotopic (exact) mass is 1020 g/mol. The third-order valence-corrected chi connectivity index (χ3v) is 14.3. The Bertz CT molecular complexity index is 1200. The summed E-state index contributed by atoms with van der Waals surface area (Å²) < 4.78 is 22.1. The van der Waals surface area contributed by atoms with E-state index < -0.39 is 24.2 Å². The molecule has 0 aromatic heterocycles. The smallest absolute Gasteiger partial charge is 0.322 e. The fourth-order valence-electron chi connectivity index (χ4n) is 9.61. The molecular formula is C61H118N2O9. The van der Waals surface area contributed by atoms with Crippen molar-refractivity contribution in [3.8, 4) is 0 Å². The number of carbonyl (C=O) groups is 4. The highest BCUT2D eigenvalue weighted by Gasteiger charge is 2.23. The number of aliphatic hydroxyl groups is 1. The van der Waals surface area contributed by atoms with Gasteiger partial charge in [0.15, 0.2) is 0 Å². The summed E-state index contributed by atoms with van der Waals surface area (Å²) in [6.07, 6.45) is 48.8. The number of carbonyl (C=O) groups excluding carboxylic acids is 4. The zero-order valence-electron chi connectivity index (χ0n) is 47.8. The van der Waals surface area contributed by atoms with Crippen molar-refractivity contribution in [2.45, 2.75) is 328 Å². The summed E-state index contributed by atoms with van der Waals surface area (Å²) in [5.41, 5.74) is 6.02. The number of nitrogens with two attached hydrogens (primary N) is 1. The van der Waals surface area contributed by atoms with E-state index in [9.17, 15) is 24.3 Å². The molecule has 0 aromatic carbocycles. The van der Waals surface area contributed by atoms with Crippen LogP contribution in [0.1, 0.15) is 310 Å². The van der Waals surface area contributed by atoms with Crippen molar-refractivity contribution in [2.24, 2.45) is 5.73 Å². The number of nitrogens with zero attached hydrogens (tertiary/aromatic N) is 1. The highest BCUT2D eigenvalue weighted by molar-refractivity contribution is 5.75. The van der Waals surface area contributed by atoms with Crippen LogP contribution in [0.3, 0.4) is 0 Å². The van der Waals surface area contributed by atoms with Gasteiger partial charge in [-0.2, -0.15) is 0 Å². The molecule has 11 nitrogen and oxygen atoms in total. The zero-order valence-corrected chi connectivity index (χ0v) is 47.8.